The molecule has 1 nitrogen and oxygen atoms in total. The Hall–Kier alpha value is -1.18. The molecule has 1 aliphatic rings. The second-order valence-corrected chi connectivity index (χ2v) is 2.96. The van der Waals surface area contributed by atoms with Gasteiger partial charge >= 0.3 is 0 Å². The van der Waals surface area contributed by atoms with Crippen LogP contribution in [0, 0.1) is 0 Å². The molecule has 2 rings (SSSR count). The van der Waals surface area contributed by atoms with Crippen molar-refractivity contribution < 1.29 is 4.42 Å². The Balaban J connectivity index is 2.48. The van der Waals surface area contributed by atoms with E-state index in [0.717, 1.165) is 29.8 Å². The lowest BCUT2D eigenvalue weighted by atomic mass is 9.85. The van der Waals surface area contributed by atoms with Crippen molar-refractivity contribution in [2.24, 2.45) is 0 Å². The molecule has 0 fully saturated rings. The number of fused-ring (bicyclic) bond motifs is 1. The van der Waals surface area contributed by atoms with Gasteiger partial charge in [-0.2, -0.15) is 0 Å². The smallest absolute Gasteiger partial charge is 0.129 e. The number of allylic oxidation sites excluding steroid dienone is 1. The van der Waals surface area contributed by atoms with E-state index in [0.29, 0.717) is 0 Å². The molecule has 58 valence electrons. The first-order chi connectivity index (χ1) is 5.79. The van der Waals surface area contributed by atoms with Gasteiger partial charge in [0.05, 0.1) is 0 Å². The van der Waals surface area contributed by atoms with Gasteiger partial charge in [0.25, 0.3) is 0 Å². The van der Waals surface area contributed by atoms with E-state index in [1.54, 1.807) is 6.08 Å². The fourth-order valence-electron chi connectivity index (χ4n) is 1.40. The average Bonchev–Trinajstić information content (AvgIpc) is 2.46. The molecular formula is C10H9BO. The van der Waals surface area contributed by atoms with Gasteiger partial charge in [-0.3, -0.25) is 0 Å². The summed E-state index contributed by atoms with van der Waals surface area (Å²) < 4.78 is 5.45. The molecule has 0 saturated carbocycles. The summed E-state index contributed by atoms with van der Waals surface area (Å²) in [4.78, 5) is 0. The van der Waals surface area contributed by atoms with E-state index in [4.69, 9.17) is 12.3 Å². The molecule has 12 heavy (non-hydrogen) atoms. The molecular weight excluding hydrogens is 147 g/mol. The minimum absolute atomic E-state index is 0.825. The fraction of sp³-hybridized carbons (Fsp3) is 0.200. The maximum absolute atomic E-state index is 5.68. The number of hydrogen-bond donors (Lipinski definition) is 0. The molecule has 0 spiro atoms. The van der Waals surface area contributed by atoms with Crippen molar-refractivity contribution in [3.05, 3.63) is 35.2 Å². The molecule has 2 radical (unpaired) electrons. The second kappa shape index (κ2) is 2.70. The van der Waals surface area contributed by atoms with Crippen molar-refractivity contribution in [3.63, 3.8) is 0 Å². The maximum Gasteiger partial charge on any atom is 0.129 e. The lowest BCUT2D eigenvalue weighted by Gasteiger charge is -2.06. The third-order valence-corrected chi connectivity index (χ3v) is 2.06. The van der Waals surface area contributed by atoms with E-state index in [1.165, 1.54) is 5.56 Å². The molecule has 0 atom stereocenters. The molecule has 0 N–H and O–H groups in total. The Morgan fingerprint density at radius 3 is 3.08 bits per heavy atom. The summed E-state index contributed by atoms with van der Waals surface area (Å²) >= 11 is 0. The van der Waals surface area contributed by atoms with Gasteiger partial charge in [0, 0.05) is 0 Å². The minimum atomic E-state index is 0.825. The van der Waals surface area contributed by atoms with Crippen LogP contribution in [-0.2, 0) is 6.42 Å². The van der Waals surface area contributed by atoms with Gasteiger partial charge in [-0.25, -0.2) is 0 Å². The highest BCUT2D eigenvalue weighted by molar-refractivity contribution is 6.24. The predicted octanol–water partition coefficient (Wildman–Crippen LogP) is 2.38. The Kier molecular flexibility index (Phi) is 1.68. The van der Waals surface area contributed by atoms with Crippen LogP contribution in [0.25, 0.3) is 12.2 Å². The first-order valence-corrected chi connectivity index (χ1v) is 4.01. The zero-order chi connectivity index (χ0) is 8.55. The highest BCUT2D eigenvalue weighted by Gasteiger charge is 2.11. The number of rotatable bonds is 1. The molecule has 0 amide bonds. The molecule has 1 aromatic rings. The average molecular weight is 156 g/mol. The number of aryl methyl sites for hydroxylation is 1. The van der Waals surface area contributed by atoms with Crippen LogP contribution >= 0.6 is 0 Å². The van der Waals surface area contributed by atoms with Crippen molar-refractivity contribution in [2.75, 3.05) is 0 Å². The second-order valence-electron chi connectivity index (χ2n) is 2.96. The van der Waals surface area contributed by atoms with Gasteiger partial charge in [0.15, 0.2) is 0 Å². The summed E-state index contributed by atoms with van der Waals surface area (Å²) in [5.74, 6) is 1.72. The van der Waals surface area contributed by atoms with E-state index in [2.05, 4.69) is 6.58 Å². The van der Waals surface area contributed by atoms with Gasteiger partial charge < -0.3 is 4.42 Å². The number of hydrogen-bond acceptors (Lipinski definition) is 1. The van der Waals surface area contributed by atoms with E-state index < -0.39 is 0 Å². The zero-order valence-electron chi connectivity index (χ0n) is 6.84. The predicted molar refractivity (Wildman–Crippen MR) is 50.9 cm³/mol. The van der Waals surface area contributed by atoms with Crippen LogP contribution < -0.4 is 0 Å². The van der Waals surface area contributed by atoms with Crippen LogP contribution in [0.3, 0.4) is 0 Å². The molecule has 0 aromatic carbocycles. The molecule has 0 aliphatic heterocycles. The lowest BCUT2D eigenvalue weighted by molar-refractivity contribution is 0.541. The first kappa shape index (κ1) is 7.47. The SMILES string of the molecule is [B]C1=Cc2oc(C=C)cc2CC1. The summed E-state index contributed by atoms with van der Waals surface area (Å²) in [5, 5.41) is 0. The molecule has 1 aliphatic carbocycles. The molecule has 0 bridgehead atoms. The summed E-state index contributed by atoms with van der Waals surface area (Å²) in [6.45, 7) is 3.65. The highest BCUT2D eigenvalue weighted by atomic mass is 16.3. The molecule has 0 unspecified atom stereocenters. The van der Waals surface area contributed by atoms with Gasteiger partial charge in [-0.05, 0) is 36.6 Å². The van der Waals surface area contributed by atoms with E-state index in [-0.39, 0.29) is 0 Å². The van der Waals surface area contributed by atoms with Crippen molar-refractivity contribution in [1.82, 2.24) is 0 Å². The summed E-state index contributed by atoms with van der Waals surface area (Å²) in [5.41, 5.74) is 2.13. The Labute approximate surface area is 73.2 Å². The Morgan fingerprint density at radius 2 is 2.33 bits per heavy atom. The highest BCUT2D eigenvalue weighted by Crippen LogP contribution is 2.25. The minimum Gasteiger partial charge on any atom is -0.457 e. The van der Waals surface area contributed by atoms with Gasteiger partial charge in [0.2, 0.25) is 0 Å². The van der Waals surface area contributed by atoms with Gasteiger partial charge in [0.1, 0.15) is 19.4 Å². The van der Waals surface area contributed by atoms with Crippen molar-refractivity contribution in [3.8, 4) is 0 Å². The molecule has 2 heteroatoms. The third-order valence-electron chi connectivity index (χ3n) is 2.06. The lowest BCUT2D eigenvalue weighted by Crippen LogP contribution is -1.95. The topological polar surface area (TPSA) is 13.1 Å². The van der Waals surface area contributed by atoms with Crippen molar-refractivity contribution in [1.29, 1.82) is 0 Å². The molecule has 1 heterocycles. The normalized spacial score (nSPS) is 15.2. The van der Waals surface area contributed by atoms with Crippen LogP contribution in [0.4, 0.5) is 0 Å². The monoisotopic (exact) mass is 156 g/mol. The fourth-order valence-corrected chi connectivity index (χ4v) is 1.40. The van der Waals surface area contributed by atoms with Crippen LogP contribution in [0.1, 0.15) is 23.5 Å². The zero-order valence-corrected chi connectivity index (χ0v) is 6.84. The van der Waals surface area contributed by atoms with Crippen LogP contribution in [0.5, 0.6) is 0 Å². The Morgan fingerprint density at radius 1 is 1.50 bits per heavy atom. The van der Waals surface area contributed by atoms with Crippen LogP contribution in [0.2, 0.25) is 0 Å². The van der Waals surface area contributed by atoms with Gasteiger partial charge in [-0.1, -0.05) is 6.58 Å². The number of furan rings is 1. The molecule has 0 saturated heterocycles. The molecule has 1 aromatic heterocycles. The van der Waals surface area contributed by atoms with Crippen LogP contribution in [0.15, 0.2) is 22.5 Å². The van der Waals surface area contributed by atoms with E-state index >= 15 is 0 Å². The van der Waals surface area contributed by atoms with Crippen molar-refractivity contribution >= 4 is 20.0 Å². The largest absolute Gasteiger partial charge is 0.457 e. The maximum atomic E-state index is 5.68. The summed E-state index contributed by atoms with van der Waals surface area (Å²) in [6, 6.07) is 2.02. The van der Waals surface area contributed by atoms with Gasteiger partial charge in [-0.15, -0.1) is 5.47 Å². The van der Waals surface area contributed by atoms with E-state index in [1.807, 2.05) is 12.1 Å². The summed E-state index contributed by atoms with van der Waals surface area (Å²) in [7, 11) is 5.68. The third kappa shape index (κ3) is 1.13. The Bertz CT molecular complexity index is 347. The van der Waals surface area contributed by atoms with Crippen molar-refractivity contribution in [2.45, 2.75) is 12.8 Å². The quantitative estimate of drug-likeness (QED) is 0.569. The van der Waals surface area contributed by atoms with Crippen LogP contribution in [-0.4, -0.2) is 7.85 Å². The van der Waals surface area contributed by atoms with E-state index in [9.17, 15) is 0 Å². The first-order valence-electron chi connectivity index (χ1n) is 4.01. The standard InChI is InChI=1S/C10H9BO/c1-2-9-5-7-3-4-8(11)6-10(7)12-9/h2,5-6H,1,3-4H2. The summed E-state index contributed by atoms with van der Waals surface area (Å²) in [6.07, 6.45) is 5.52.